The Kier molecular flexibility index (Phi) is 6.84. The lowest BCUT2D eigenvalue weighted by molar-refractivity contribution is -0.142. The topological polar surface area (TPSA) is 80.7 Å². The summed E-state index contributed by atoms with van der Waals surface area (Å²) in [4.78, 5) is 11.7. The van der Waals surface area contributed by atoms with Gasteiger partial charge in [-0.1, -0.05) is 37.6 Å². The quantitative estimate of drug-likeness (QED) is 0.585. The van der Waals surface area contributed by atoms with Crippen LogP contribution in [-0.4, -0.2) is 31.4 Å². The highest BCUT2D eigenvalue weighted by atomic mass is 32.2. The molecule has 5 nitrogen and oxygen atoms in total. The molecule has 0 aliphatic heterocycles. The van der Waals surface area contributed by atoms with Crippen LogP contribution in [0.1, 0.15) is 37.8 Å². The molecule has 1 aromatic carbocycles. The molecule has 1 unspecified atom stereocenters. The molecule has 1 atom stereocenters. The van der Waals surface area contributed by atoms with E-state index in [2.05, 4.69) is 0 Å². The highest BCUT2D eigenvalue weighted by molar-refractivity contribution is 7.92. The van der Waals surface area contributed by atoms with E-state index >= 15 is 0 Å². The van der Waals surface area contributed by atoms with Crippen molar-refractivity contribution in [1.29, 1.82) is 0 Å². The minimum atomic E-state index is -3.63. The van der Waals surface area contributed by atoms with Crippen LogP contribution < -0.4 is 0 Å². The van der Waals surface area contributed by atoms with Gasteiger partial charge in [-0.2, -0.15) is 0 Å². The van der Waals surface area contributed by atoms with Crippen LogP contribution >= 0.6 is 0 Å². The molecule has 0 radical (unpaired) electrons. The summed E-state index contributed by atoms with van der Waals surface area (Å²) in [6.07, 6.45) is 1.60. The Labute approximate surface area is 125 Å². The summed E-state index contributed by atoms with van der Waals surface area (Å²) in [5, 5.41) is 7.87. The first-order valence-electron chi connectivity index (χ1n) is 6.97. The van der Waals surface area contributed by atoms with Crippen molar-refractivity contribution < 1.29 is 23.1 Å². The summed E-state index contributed by atoms with van der Waals surface area (Å²) in [5.41, 5.74) is 1.19. The average Bonchev–Trinajstić information content (AvgIpc) is 2.46. The van der Waals surface area contributed by atoms with Crippen LogP contribution in [0.5, 0.6) is 0 Å². The first-order chi connectivity index (χ1) is 9.90. The molecule has 0 bridgehead atoms. The third-order valence-electron chi connectivity index (χ3n) is 3.15. The Morgan fingerprint density at radius 2 is 2.00 bits per heavy atom. The number of aliphatic hydroxyl groups is 1. The molecule has 0 aliphatic rings. The Morgan fingerprint density at radius 3 is 2.62 bits per heavy atom. The van der Waals surface area contributed by atoms with E-state index in [0.29, 0.717) is 11.1 Å². The molecule has 21 heavy (non-hydrogen) atoms. The van der Waals surface area contributed by atoms with E-state index in [1.807, 2.05) is 6.92 Å². The van der Waals surface area contributed by atoms with Gasteiger partial charge in [0.15, 0.2) is 15.1 Å². The smallest absolute Gasteiger partial charge is 0.324 e. The number of aliphatic hydroxyl groups excluding tert-OH is 1. The first-order valence-corrected chi connectivity index (χ1v) is 8.69. The Balaban J connectivity index is 2.73. The number of hydrogen-bond donors (Lipinski definition) is 1. The normalized spacial score (nSPS) is 12.9. The molecule has 0 saturated heterocycles. The molecule has 0 saturated carbocycles. The second-order valence-electron chi connectivity index (χ2n) is 4.95. The zero-order valence-electron chi connectivity index (χ0n) is 12.4. The van der Waals surface area contributed by atoms with Crippen molar-refractivity contribution in [3.8, 4) is 0 Å². The van der Waals surface area contributed by atoms with Gasteiger partial charge in [-0.05, 0) is 24.5 Å². The van der Waals surface area contributed by atoms with Crippen LogP contribution in [0.15, 0.2) is 24.3 Å². The van der Waals surface area contributed by atoms with Gasteiger partial charge >= 0.3 is 5.97 Å². The predicted molar refractivity (Wildman–Crippen MR) is 80.3 cm³/mol. The number of carbonyl (C=O) groups is 1. The van der Waals surface area contributed by atoms with Gasteiger partial charge in [0.1, 0.15) is 0 Å². The minimum Gasteiger partial charge on any atom is -0.465 e. The summed E-state index contributed by atoms with van der Waals surface area (Å²) >= 11 is 0. The second-order valence-corrected chi connectivity index (χ2v) is 7.27. The SMILES string of the molecule is CCCCOC(=O)C(C)S(=O)(=O)Cc1cccc(CO)c1. The summed E-state index contributed by atoms with van der Waals surface area (Å²) in [6, 6.07) is 6.66. The average molecular weight is 314 g/mol. The van der Waals surface area contributed by atoms with Crippen molar-refractivity contribution in [3.05, 3.63) is 35.4 Å². The minimum absolute atomic E-state index is 0.150. The van der Waals surface area contributed by atoms with Gasteiger partial charge in [0.05, 0.1) is 19.0 Å². The van der Waals surface area contributed by atoms with Gasteiger partial charge < -0.3 is 9.84 Å². The van der Waals surface area contributed by atoms with Gasteiger partial charge in [-0.25, -0.2) is 8.42 Å². The van der Waals surface area contributed by atoms with E-state index in [0.717, 1.165) is 12.8 Å². The third kappa shape index (κ3) is 5.47. The molecule has 0 aromatic heterocycles. The van der Waals surface area contributed by atoms with Crippen molar-refractivity contribution in [2.75, 3.05) is 6.61 Å². The van der Waals surface area contributed by atoms with E-state index in [1.54, 1.807) is 24.3 Å². The molecule has 0 aliphatic carbocycles. The molecule has 0 fully saturated rings. The lowest BCUT2D eigenvalue weighted by Gasteiger charge is -2.13. The summed E-state index contributed by atoms with van der Waals surface area (Å²) in [7, 11) is -3.63. The van der Waals surface area contributed by atoms with Gasteiger partial charge in [-0.3, -0.25) is 4.79 Å². The van der Waals surface area contributed by atoms with Crippen LogP contribution in [0.25, 0.3) is 0 Å². The van der Waals surface area contributed by atoms with Gasteiger partial charge in [0.2, 0.25) is 0 Å². The van der Waals surface area contributed by atoms with E-state index in [-0.39, 0.29) is 19.0 Å². The zero-order valence-corrected chi connectivity index (χ0v) is 13.2. The molecule has 118 valence electrons. The van der Waals surface area contributed by atoms with Crippen LogP contribution in [0.2, 0.25) is 0 Å². The van der Waals surface area contributed by atoms with E-state index in [4.69, 9.17) is 9.84 Å². The third-order valence-corrected chi connectivity index (χ3v) is 5.16. The lowest BCUT2D eigenvalue weighted by atomic mass is 10.1. The van der Waals surface area contributed by atoms with E-state index < -0.39 is 21.1 Å². The van der Waals surface area contributed by atoms with Crippen molar-refractivity contribution in [3.63, 3.8) is 0 Å². The summed E-state index contributed by atoms with van der Waals surface area (Å²) in [5.74, 6) is -0.952. The van der Waals surface area contributed by atoms with Crippen molar-refractivity contribution in [2.45, 2.75) is 44.3 Å². The second kappa shape index (κ2) is 8.14. The predicted octanol–water partition coefficient (Wildman–Crippen LogP) is 1.83. The summed E-state index contributed by atoms with van der Waals surface area (Å²) < 4.78 is 29.4. The fourth-order valence-electron chi connectivity index (χ4n) is 1.76. The van der Waals surface area contributed by atoms with Crippen LogP contribution in [-0.2, 0) is 31.7 Å². The van der Waals surface area contributed by atoms with E-state index in [1.165, 1.54) is 6.92 Å². The molecule has 0 spiro atoms. The number of esters is 1. The van der Waals surface area contributed by atoms with Gasteiger partial charge in [0.25, 0.3) is 0 Å². The van der Waals surface area contributed by atoms with Crippen LogP contribution in [0, 0.1) is 0 Å². The maximum absolute atomic E-state index is 12.2. The van der Waals surface area contributed by atoms with Gasteiger partial charge in [0, 0.05) is 0 Å². The largest absolute Gasteiger partial charge is 0.465 e. The number of sulfone groups is 1. The maximum Gasteiger partial charge on any atom is 0.324 e. The molecule has 0 heterocycles. The number of benzene rings is 1. The Bertz CT molecular complexity index is 565. The fourth-order valence-corrected chi connectivity index (χ4v) is 3.01. The lowest BCUT2D eigenvalue weighted by Crippen LogP contribution is -2.30. The van der Waals surface area contributed by atoms with Crippen molar-refractivity contribution in [1.82, 2.24) is 0 Å². The van der Waals surface area contributed by atoms with Crippen molar-refractivity contribution >= 4 is 15.8 Å². The number of unbranched alkanes of at least 4 members (excludes halogenated alkanes) is 1. The number of carbonyl (C=O) groups excluding carboxylic acids is 1. The summed E-state index contributed by atoms with van der Waals surface area (Å²) in [6.45, 7) is 3.40. The molecular weight excluding hydrogens is 292 g/mol. The first kappa shape index (κ1) is 17.7. The van der Waals surface area contributed by atoms with E-state index in [9.17, 15) is 13.2 Å². The molecular formula is C15H22O5S. The number of ether oxygens (including phenoxy) is 1. The number of hydrogen-bond acceptors (Lipinski definition) is 5. The molecule has 1 rings (SSSR count). The molecule has 1 aromatic rings. The molecule has 6 heteroatoms. The van der Waals surface area contributed by atoms with Crippen LogP contribution in [0.4, 0.5) is 0 Å². The molecule has 0 amide bonds. The standard InChI is InChI=1S/C15H22O5S/c1-3-4-8-20-15(17)12(2)21(18,19)11-14-7-5-6-13(9-14)10-16/h5-7,9,12,16H,3-4,8,10-11H2,1-2H3. The van der Waals surface area contributed by atoms with Gasteiger partial charge in [-0.15, -0.1) is 0 Å². The highest BCUT2D eigenvalue weighted by Crippen LogP contribution is 2.14. The Hall–Kier alpha value is -1.40. The highest BCUT2D eigenvalue weighted by Gasteiger charge is 2.29. The number of rotatable bonds is 8. The monoisotopic (exact) mass is 314 g/mol. The fraction of sp³-hybridized carbons (Fsp3) is 0.533. The van der Waals surface area contributed by atoms with Crippen LogP contribution in [0.3, 0.4) is 0 Å². The zero-order chi connectivity index (χ0) is 15.9. The maximum atomic E-state index is 12.2. The molecule has 1 N–H and O–H groups in total. The Morgan fingerprint density at radius 1 is 1.33 bits per heavy atom. The van der Waals surface area contributed by atoms with Crippen molar-refractivity contribution in [2.24, 2.45) is 0 Å².